The first-order chi connectivity index (χ1) is 21.6. The van der Waals surface area contributed by atoms with Crippen LogP contribution in [-0.2, 0) is 26.2 Å². The highest BCUT2D eigenvalue weighted by molar-refractivity contribution is 7.92. The lowest BCUT2D eigenvalue weighted by atomic mass is 9.92. The molecule has 46 heavy (non-hydrogen) atoms. The van der Waals surface area contributed by atoms with Crippen LogP contribution in [0, 0.1) is 11.8 Å². The van der Waals surface area contributed by atoms with Crippen molar-refractivity contribution < 1.29 is 37.8 Å². The van der Waals surface area contributed by atoms with Gasteiger partial charge in [0.15, 0.2) is 0 Å². The molecule has 2 aromatic carbocycles. The van der Waals surface area contributed by atoms with Crippen molar-refractivity contribution in [3.8, 4) is 0 Å². The van der Waals surface area contributed by atoms with Crippen molar-refractivity contribution in [1.82, 2.24) is 16.0 Å². The van der Waals surface area contributed by atoms with E-state index in [4.69, 9.17) is 5.11 Å². The number of benzene rings is 2. The molecule has 0 aliphatic heterocycles. The highest BCUT2D eigenvalue weighted by Gasteiger charge is 2.29. The van der Waals surface area contributed by atoms with Gasteiger partial charge in [-0.3, -0.25) is 18.7 Å². The van der Waals surface area contributed by atoms with Gasteiger partial charge in [0.1, 0.15) is 6.04 Å². The maximum Gasteiger partial charge on any atom is 0.335 e. The van der Waals surface area contributed by atoms with Gasteiger partial charge in [0.25, 0.3) is 5.91 Å². The number of aliphatic hydroxyl groups is 1. The number of nitrogens with one attached hydrogen (secondary N) is 3. The minimum Gasteiger partial charge on any atom is -0.478 e. The molecule has 2 unspecified atom stereocenters. The maximum absolute atomic E-state index is 13.3. The average Bonchev–Trinajstić information content (AvgIpc) is 2.99. The smallest absolute Gasteiger partial charge is 0.335 e. The quantitative estimate of drug-likeness (QED) is 0.161. The normalized spacial score (nSPS) is 14.1. The molecule has 0 fully saturated rings. The van der Waals surface area contributed by atoms with E-state index in [0.29, 0.717) is 24.1 Å². The Bertz CT molecular complexity index is 1450. The van der Waals surface area contributed by atoms with Crippen LogP contribution in [0.3, 0.4) is 0 Å². The molecule has 13 heteroatoms. The van der Waals surface area contributed by atoms with Gasteiger partial charge in [-0.2, -0.15) is 0 Å². The largest absolute Gasteiger partial charge is 0.478 e. The number of carbonyl (C=O) groups is 4. The predicted octanol–water partition coefficient (Wildman–Crippen LogP) is 3.30. The number of rotatable bonds is 18. The fourth-order valence-corrected chi connectivity index (χ4v) is 6.51. The van der Waals surface area contributed by atoms with Crippen LogP contribution in [0.5, 0.6) is 0 Å². The number of sulfonamides is 1. The highest BCUT2D eigenvalue weighted by atomic mass is 32.2. The standard InChI is InChI=1S/C33H48N4O8S/c1-7-16-46(44,45)37(8-2)27-11-9-10-26(19-27)32(41)36-28(17-21(3)4)29(38)18-22(5)30(39)35-23(6)31(40)34-20-24-12-14-25(15-13-24)33(42)43/h9-15,19,21-23,28-29,38H,7-8,16-18,20H2,1-6H3,(H,34,40)(H,35,39)(H,36,41)(H,42,43)/t22?,23-,28-,29?/m0/s1. The Morgan fingerprint density at radius 1 is 0.870 bits per heavy atom. The van der Waals surface area contributed by atoms with Crippen LogP contribution >= 0.6 is 0 Å². The number of anilines is 1. The number of aliphatic hydroxyl groups excluding tert-OH is 1. The summed E-state index contributed by atoms with van der Waals surface area (Å²) >= 11 is 0. The van der Waals surface area contributed by atoms with Gasteiger partial charge >= 0.3 is 5.97 Å². The van der Waals surface area contributed by atoms with Crippen molar-refractivity contribution >= 4 is 39.4 Å². The van der Waals surface area contributed by atoms with Gasteiger partial charge in [-0.25, -0.2) is 13.2 Å². The minimum atomic E-state index is -3.55. The van der Waals surface area contributed by atoms with Gasteiger partial charge in [0, 0.05) is 24.6 Å². The number of carboxylic acids is 1. The first-order valence-electron chi connectivity index (χ1n) is 15.6. The molecule has 0 saturated heterocycles. The Morgan fingerprint density at radius 2 is 1.52 bits per heavy atom. The fourth-order valence-electron chi connectivity index (χ4n) is 4.94. The Morgan fingerprint density at radius 3 is 2.09 bits per heavy atom. The Hall–Kier alpha value is -3.97. The third-order valence-electron chi connectivity index (χ3n) is 7.45. The average molecular weight is 661 g/mol. The number of aromatic carboxylic acids is 1. The SMILES string of the molecule is CCCS(=O)(=O)N(CC)c1cccc(C(=O)N[C@@H](CC(C)C)C(O)CC(C)C(=O)N[C@@H](C)C(=O)NCc2ccc(C(=O)O)cc2)c1. The van der Waals surface area contributed by atoms with Gasteiger partial charge in [-0.15, -0.1) is 0 Å². The second-order valence-electron chi connectivity index (χ2n) is 11.9. The lowest BCUT2D eigenvalue weighted by Gasteiger charge is -2.28. The predicted molar refractivity (Wildman–Crippen MR) is 177 cm³/mol. The summed E-state index contributed by atoms with van der Waals surface area (Å²) in [4.78, 5) is 49.8. The molecule has 0 aliphatic rings. The van der Waals surface area contributed by atoms with Crippen molar-refractivity contribution in [2.24, 2.45) is 11.8 Å². The summed E-state index contributed by atoms with van der Waals surface area (Å²) in [6.45, 7) is 10.9. The first-order valence-corrected chi connectivity index (χ1v) is 17.2. The van der Waals surface area contributed by atoms with Crippen LogP contribution in [0.1, 0.15) is 87.1 Å². The summed E-state index contributed by atoms with van der Waals surface area (Å²) in [7, 11) is -3.55. The van der Waals surface area contributed by atoms with Crippen molar-refractivity contribution in [1.29, 1.82) is 0 Å². The molecule has 0 aliphatic carbocycles. The topological polar surface area (TPSA) is 182 Å². The van der Waals surface area contributed by atoms with Crippen molar-refractivity contribution in [2.75, 3.05) is 16.6 Å². The first kappa shape index (κ1) is 38.2. The monoisotopic (exact) mass is 660 g/mol. The second-order valence-corrected chi connectivity index (χ2v) is 13.9. The number of carbonyl (C=O) groups excluding carboxylic acids is 3. The molecule has 0 heterocycles. The van der Waals surface area contributed by atoms with E-state index in [-0.39, 0.29) is 42.3 Å². The molecule has 4 atom stereocenters. The number of hydrogen-bond acceptors (Lipinski definition) is 7. The van der Waals surface area contributed by atoms with E-state index in [1.807, 2.05) is 13.8 Å². The number of amides is 3. The summed E-state index contributed by atoms with van der Waals surface area (Å²) in [6.07, 6.45) is -0.167. The number of nitrogens with zero attached hydrogens (tertiary/aromatic N) is 1. The maximum atomic E-state index is 13.3. The van der Waals surface area contributed by atoms with E-state index in [1.165, 1.54) is 29.4 Å². The van der Waals surface area contributed by atoms with Crippen LogP contribution in [0.25, 0.3) is 0 Å². The third-order valence-corrected chi connectivity index (χ3v) is 9.51. The lowest BCUT2D eigenvalue weighted by molar-refractivity contribution is -0.131. The summed E-state index contributed by atoms with van der Waals surface area (Å²) in [5, 5.41) is 28.4. The third kappa shape index (κ3) is 11.4. The molecule has 2 aromatic rings. The minimum absolute atomic E-state index is 0.0142. The molecule has 0 saturated carbocycles. The van der Waals surface area contributed by atoms with Crippen molar-refractivity contribution in [3.05, 3.63) is 65.2 Å². The van der Waals surface area contributed by atoms with Crippen LogP contribution < -0.4 is 20.3 Å². The van der Waals surface area contributed by atoms with E-state index in [1.54, 1.807) is 51.1 Å². The molecule has 0 spiro atoms. The van der Waals surface area contributed by atoms with Crippen LogP contribution in [0.2, 0.25) is 0 Å². The molecule has 254 valence electrons. The lowest BCUT2D eigenvalue weighted by Crippen LogP contribution is -2.48. The van der Waals surface area contributed by atoms with E-state index in [0.717, 1.165) is 0 Å². The van der Waals surface area contributed by atoms with E-state index in [2.05, 4.69) is 16.0 Å². The Kier molecular flexibility index (Phi) is 14.7. The number of hydrogen-bond donors (Lipinski definition) is 5. The zero-order valence-corrected chi connectivity index (χ0v) is 28.3. The molecule has 0 radical (unpaired) electrons. The van der Waals surface area contributed by atoms with Gasteiger partial charge in [-0.1, -0.05) is 45.9 Å². The zero-order valence-electron chi connectivity index (χ0n) is 27.4. The zero-order chi connectivity index (χ0) is 34.6. The molecule has 5 N–H and O–H groups in total. The van der Waals surface area contributed by atoms with Gasteiger partial charge in [0.05, 0.1) is 29.1 Å². The van der Waals surface area contributed by atoms with E-state index in [9.17, 15) is 32.7 Å². The fraction of sp³-hybridized carbons (Fsp3) is 0.515. The van der Waals surface area contributed by atoms with Gasteiger partial charge in [0.2, 0.25) is 21.8 Å². The van der Waals surface area contributed by atoms with Crippen LogP contribution in [0.4, 0.5) is 5.69 Å². The Balaban J connectivity index is 2.02. The van der Waals surface area contributed by atoms with Crippen molar-refractivity contribution in [3.63, 3.8) is 0 Å². The molecule has 12 nitrogen and oxygen atoms in total. The van der Waals surface area contributed by atoms with Gasteiger partial charge in [-0.05, 0) is 74.9 Å². The van der Waals surface area contributed by atoms with Gasteiger partial charge < -0.3 is 26.2 Å². The van der Waals surface area contributed by atoms with Crippen LogP contribution in [-0.4, -0.2) is 72.8 Å². The summed E-state index contributed by atoms with van der Waals surface area (Å²) in [6, 6.07) is 10.8. The highest BCUT2D eigenvalue weighted by Crippen LogP contribution is 2.22. The molecule has 0 bridgehead atoms. The molecule has 2 rings (SSSR count). The molecular weight excluding hydrogens is 612 g/mol. The molecular formula is C33H48N4O8S. The van der Waals surface area contributed by atoms with Crippen LogP contribution in [0.15, 0.2) is 48.5 Å². The summed E-state index contributed by atoms with van der Waals surface area (Å²) in [5.74, 6) is -2.99. The molecule has 0 aromatic heterocycles. The summed E-state index contributed by atoms with van der Waals surface area (Å²) < 4.78 is 26.7. The van der Waals surface area contributed by atoms with E-state index >= 15 is 0 Å². The van der Waals surface area contributed by atoms with Crippen molar-refractivity contribution in [2.45, 2.75) is 85.5 Å². The molecule has 3 amide bonds. The Labute approximate surface area is 272 Å². The summed E-state index contributed by atoms with van der Waals surface area (Å²) in [5.41, 5.74) is 1.45. The van der Waals surface area contributed by atoms with E-state index < -0.39 is 57.8 Å². The second kappa shape index (κ2) is 17.7. The number of carboxylic acid groups (broad SMARTS) is 1.